The van der Waals surface area contributed by atoms with Gasteiger partial charge in [-0.1, -0.05) is 11.6 Å². The van der Waals surface area contributed by atoms with Crippen molar-refractivity contribution in [2.24, 2.45) is 0 Å². The van der Waals surface area contributed by atoms with Crippen molar-refractivity contribution in [3.63, 3.8) is 0 Å². The first-order valence-corrected chi connectivity index (χ1v) is 5.22. The molecule has 0 aliphatic heterocycles. The van der Waals surface area contributed by atoms with E-state index in [1.54, 1.807) is 11.4 Å². The third-order valence-corrected chi connectivity index (χ3v) is 2.77. The molecule has 1 rings (SSSR count). The number of amides is 1. The molecule has 4 nitrogen and oxygen atoms in total. The van der Waals surface area contributed by atoms with Gasteiger partial charge in [0.2, 0.25) is 5.91 Å². The molecule has 1 amide bonds. The maximum atomic E-state index is 10.8. The van der Waals surface area contributed by atoms with Crippen LogP contribution in [-0.4, -0.2) is 17.0 Å². The van der Waals surface area contributed by atoms with Gasteiger partial charge in [-0.25, -0.2) is 4.79 Å². The molecule has 0 aliphatic rings. The van der Waals surface area contributed by atoms with Crippen LogP contribution < -0.4 is 5.32 Å². The molecule has 0 aliphatic carbocycles. The summed E-state index contributed by atoms with van der Waals surface area (Å²) in [6.07, 6.45) is 1.33. The highest BCUT2D eigenvalue weighted by atomic mass is 35.5. The summed E-state index contributed by atoms with van der Waals surface area (Å²) in [6, 6.07) is 1.66. The minimum atomic E-state index is -1.20. The van der Waals surface area contributed by atoms with Gasteiger partial charge in [0.15, 0.2) is 0 Å². The molecule has 0 saturated carbocycles. The van der Waals surface area contributed by atoms with E-state index in [0.717, 1.165) is 0 Å². The highest BCUT2D eigenvalue weighted by Crippen LogP contribution is 2.24. The number of hydrogen-bond donors (Lipinski definition) is 2. The number of nitrogens with one attached hydrogen (secondary N) is 1. The van der Waals surface area contributed by atoms with E-state index in [4.69, 9.17) is 16.7 Å². The van der Waals surface area contributed by atoms with Crippen molar-refractivity contribution in [3.05, 3.63) is 27.0 Å². The van der Waals surface area contributed by atoms with Gasteiger partial charge in [-0.2, -0.15) is 0 Å². The van der Waals surface area contributed by atoms with Crippen LogP contribution in [0.2, 0.25) is 5.02 Å². The van der Waals surface area contributed by atoms with Crippen molar-refractivity contribution in [1.29, 1.82) is 0 Å². The normalized spacial score (nSPS) is 11.2. The number of hydrogen-bond acceptors (Lipinski definition) is 3. The second-order valence-corrected chi connectivity index (χ2v) is 4.03. The first-order chi connectivity index (χ1) is 7.00. The molecule has 0 spiro atoms. The SMILES string of the molecule is CC(=O)N/C(=C/c1sccc1Cl)C(=O)O. The molecular formula is C9H8ClNO3S. The van der Waals surface area contributed by atoms with Gasteiger partial charge in [0.1, 0.15) is 5.70 Å². The van der Waals surface area contributed by atoms with E-state index >= 15 is 0 Å². The van der Waals surface area contributed by atoms with Gasteiger partial charge in [0.25, 0.3) is 0 Å². The highest BCUT2D eigenvalue weighted by molar-refractivity contribution is 7.11. The Morgan fingerprint density at radius 1 is 1.60 bits per heavy atom. The van der Waals surface area contributed by atoms with Gasteiger partial charge >= 0.3 is 5.97 Å². The topological polar surface area (TPSA) is 66.4 Å². The summed E-state index contributed by atoms with van der Waals surface area (Å²) in [7, 11) is 0. The van der Waals surface area contributed by atoms with Crippen molar-refractivity contribution in [3.8, 4) is 0 Å². The predicted molar refractivity (Wildman–Crippen MR) is 58.8 cm³/mol. The number of aliphatic carboxylic acids is 1. The second-order valence-electron chi connectivity index (χ2n) is 2.68. The molecule has 1 aromatic rings. The van der Waals surface area contributed by atoms with Crippen LogP contribution >= 0.6 is 22.9 Å². The van der Waals surface area contributed by atoms with E-state index in [1.165, 1.54) is 24.3 Å². The zero-order valence-electron chi connectivity index (χ0n) is 7.78. The van der Waals surface area contributed by atoms with E-state index in [1.807, 2.05) is 0 Å². The zero-order chi connectivity index (χ0) is 11.4. The number of thiophene rings is 1. The largest absolute Gasteiger partial charge is 0.477 e. The molecule has 0 atom stereocenters. The maximum absolute atomic E-state index is 10.8. The lowest BCUT2D eigenvalue weighted by Gasteiger charge is -2.01. The molecule has 15 heavy (non-hydrogen) atoms. The van der Waals surface area contributed by atoms with Crippen molar-refractivity contribution in [2.45, 2.75) is 6.92 Å². The first-order valence-electron chi connectivity index (χ1n) is 3.96. The maximum Gasteiger partial charge on any atom is 0.352 e. The van der Waals surface area contributed by atoms with Crippen molar-refractivity contribution < 1.29 is 14.7 Å². The van der Waals surface area contributed by atoms with E-state index in [0.29, 0.717) is 9.90 Å². The van der Waals surface area contributed by atoms with Gasteiger partial charge in [0, 0.05) is 11.8 Å². The minimum Gasteiger partial charge on any atom is -0.477 e. The first kappa shape index (κ1) is 11.7. The molecule has 0 aromatic carbocycles. The van der Waals surface area contributed by atoms with Gasteiger partial charge in [-0.3, -0.25) is 4.79 Å². The van der Waals surface area contributed by atoms with Crippen LogP contribution in [0.1, 0.15) is 11.8 Å². The van der Waals surface area contributed by atoms with Crippen LogP contribution in [0.3, 0.4) is 0 Å². The van der Waals surface area contributed by atoms with Gasteiger partial charge in [-0.15, -0.1) is 11.3 Å². The average Bonchev–Trinajstić information content (AvgIpc) is 2.50. The fraction of sp³-hybridized carbons (Fsp3) is 0.111. The number of carboxylic acid groups (broad SMARTS) is 1. The Kier molecular flexibility index (Phi) is 3.88. The standard InChI is InChI=1S/C9H8ClNO3S/c1-5(12)11-7(9(13)14)4-8-6(10)2-3-15-8/h2-4H,1H3,(H,11,12)(H,13,14)/b7-4+. The van der Waals surface area contributed by atoms with Crippen LogP contribution in [0.25, 0.3) is 6.08 Å². The van der Waals surface area contributed by atoms with E-state index in [9.17, 15) is 9.59 Å². The minimum absolute atomic E-state index is 0.188. The lowest BCUT2D eigenvalue weighted by Crippen LogP contribution is -2.24. The van der Waals surface area contributed by atoms with E-state index in [2.05, 4.69) is 5.32 Å². The Balaban J connectivity index is 2.99. The summed E-state index contributed by atoms with van der Waals surface area (Å²) in [5, 5.41) is 13.2. The van der Waals surface area contributed by atoms with Gasteiger partial charge in [-0.05, 0) is 17.5 Å². The van der Waals surface area contributed by atoms with Crippen LogP contribution in [0.4, 0.5) is 0 Å². The summed E-state index contributed by atoms with van der Waals surface area (Å²) < 4.78 is 0. The third kappa shape index (κ3) is 3.38. The Bertz CT molecular complexity index is 425. The molecule has 0 bridgehead atoms. The monoisotopic (exact) mass is 245 g/mol. The van der Waals surface area contributed by atoms with Crippen LogP contribution in [0, 0.1) is 0 Å². The molecule has 0 fully saturated rings. The van der Waals surface area contributed by atoms with Crippen LogP contribution in [0.5, 0.6) is 0 Å². The molecule has 0 radical (unpaired) electrons. The lowest BCUT2D eigenvalue weighted by atomic mass is 10.3. The highest BCUT2D eigenvalue weighted by Gasteiger charge is 2.10. The van der Waals surface area contributed by atoms with Gasteiger partial charge in [0.05, 0.1) is 5.02 Å². The van der Waals surface area contributed by atoms with Gasteiger partial charge < -0.3 is 10.4 Å². The summed E-state index contributed by atoms with van der Waals surface area (Å²) in [6.45, 7) is 1.24. The van der Waals surface area contributed by atoms with Crippen molar-refractivity contribution in [1.82, 2.24) is 5.32 Å². The van der Waals surface area contributed by atoms with Crippen molar-refractivity contribution >= 4 is 40.9 Å². The second kappa shape index (κ2) is 4.95. The summed E-state index contributed by atoms with van der Waals surface area (Å²) in [5.74, 6) is -1.63. The molecule has 0 unspecified atom stereocenters. The number of carboxylic acids is 1. The van der Waals surface area contributed by atoms with Crippen molar-refractivity contribution in [2.75, 3.05) is 0 Å². The van der Waals surface area contributed by atoms with E-state index < -0.39 is 11.9 Å². The number of halogens is 1. The third-order valence-electron chi connectivity index (χ3n) is 1.46. The Labute approximate surface area is 95.2 Å². The molecular weight excluding hydrogens is 238 g/mol. The number of carbonyl (C=O) groups excluding carboxylic acids is 1. The Hall–Kier alpha value is -1.33. The predicted octanol–water partition coefficient (Wildman–Crippen LogP) is 1.96. The molecule has 2 N–H and O–H groups in total. The summed E-state index contributed by atoms with van der Waals surface area (Å²) >= 11 is 7.08. The zero-order valence-corrected chi connectivity index (χ0v) is 9.35. The summed E-state index contributed by atoms with van der Waals surface area (Å²) in [5.41, 5.74) is -0.188. The van der Waals surface area contributed by atoms with Crippen LogP contribution in [0.15, 0.2) is 17.1 Å². The Morgan fingerprint density at radius 2 is 2.27 bits per heavy atom. The van der Waals surface area contributed by atoms with E-state index in [-0.39, 0.29) is 5.70 Å². The molecule has 1 aromatic heterocycles. The smallest absolute Gasteiger partial charge is 0.352 e. The Morgan fingerprint density at radius 3 is 2.67 bits per heavy atom. The summed E-state index contributed by atoms with van der Waals surface area (Å²) in [4.78, 5) is 22.1. The van der Waals surface area contributed by atoms with Crippen LogP contribution in [-0.2, 0) is 9.59 Å². The number of rotatable bonds is 3. The quantitative estimate of drug-likeness (QED) is 0.800. The molecule has 0 saturated heterocycles. The number of carbonyl (C=O) groups is 2. The molecule has 6 heteroatoms. The molecule has 80 valence electrons. The fourth-order valence-electron chi connectivity index (χ4n) is 0.880. The molecule has 1 heterocycles. The fourth-order valence-corrected chi connectivity index (χ4v) is 1.92. The average molecular weight is 246 g/mol. The lowest BCUT2D eigenvalue weighted by molar-refractivity contribution is -0.134.